The van der Waals surface area contributed by atoms with Crippen molar-refractivity contribution in [1.29, 1.82) is 0 Å². The third-order valence-corrected chi connectivity index (χ3v) is 4.20. The first-order valence-corrected chi connectivity index (χ1v) is 8.05. The van der Waals surface area contributed by atoms with E-state index >= 15 is 0 Å². The predicted molar refractivity (Wildman–Crippen MR) is 85.8 cm³/mol. The summed E-state index contributed by atoms with van der Waals surface area (Å²) in [7, 11) is 1.97. The molecule has 6 heteroatoms. The minimum atomic E-state index is -0.0361. The molecular formula is C17H23N4O2+. The van der Waals surface area contributed by atoms with Crippen molar-refractivity contribution in [2.45, 2.75) is 38.8 Å². The van der Waals surface area contributed by atoms with Crippen molar-refractivity contribution in [2.75, 3.05) is 13.6 Å². The van der Waals surface area contributed by atoms with Crippen molar-refractivity contribution >= 4 is 5.91 Å². The number of likely N-dealkylation sites (N-methyl/N-ethyl adjacent to an activating group) is 1. The molecule has 2 atom stereocenters. The van der Waals surface area contributed by atoms with Crippen LogP contribution in [0.5, 0.6) is 0 Å². The summed E-state index contributed by atoms with van der Waals surface area (Å²) in [5.41, 5.74) is 2.06. The molecule has 1 amide bonds. The molecule has 0 bridgehead atoms. The summed E-state index contributed by atoms with van der Waals surface area (Å²) in [6.07, 6.45) is 2.20. The molecule has 1 saturated carbocycles. The molecule has 0 spiro atoms. The average molecular weight is 315 g/mol. The van der Waals surface area contributed by atoms with Crippen LogP contribution in [0.15, 0.2) is 28.7 Å². The summed E-state index contributed by atoms with van der Waals surface area (Å²) in [6.45, 7) is 4.42. The average Bonchev–Trinajstić information content (AvgIpc) is 3.18. The van der Waals surface area contributed by atoms with Gasteiger partial charge in [0.05, 0.1) is 7.05 Å². The van der Waals surface area contributed by atoms with Gasteiger partial charge in [-0.15, -0.1) is 10.2 Å². The Morgan fingerprint density at radius 2 is 2.22 bits per heavy atom. The smallest absolute Gasteiger partial charge is 0.275 e. The number of aromatic nitrogens is 2. The van der Waals surface area contributed by atoms with Crippen LogP contribution in [0, 0.1) is 6.92 Å². The Morgan fingerprint density at radius 1 is 1.43 bits per heavy atom. The van der Waals surface area contributed by atoms with Crippen molar-refractivity contribution in [2.24, 2.45) is 0 Å². The van der Waals surface area contributed by atoms with Gasteiger partial charge < -0.3 is 14.6 Å². The quantitative estimate of drug-likeness (QED) is 0.831. The number of nitrogens with one attached hydrogen (secondary N) is 2. The summed E-state index contributed by atoms with van der Waals surface area (Å²) in [5, 5.41) is 11.3. The van der Waals surface area contributed by atoms with Crippen LogP contribution in [0.3, 0.4) is 0 Å². The highest BCUT2D eigenvalue weighted by molar-refractivity contribution is 5.77. The molecule has 122 valence electrons. The van der Waals surface area contributed by atoms with E-state index in [1.165, 1.54) is 0 Å². The fourth-order valence-corrected chi connectivity index (χ4v) is 2.43. The number of quaternary nitrogens is 1. The largest absolute Gasteiger partial charge is 0.415 e. The summed E-state index contributed by atoms with van der Waals surface area (Å²) in [5.74, 6) is 1.15. The van der Waals surface area contributed by atoms with Gasteiger partial charge >= 0.3 is 0 Å². The first kappa shape index (κ1) is 15.7. The normalized spacial score (nSPS) is 16.8. The molecule has 1 heterocycles. The minimum absolute atomic E-state index is 0.0361. The highest BCUT2D eigenvalue weighted by Crippen LogP contribution is 2.20. The molecule has 6 nitrogen and oxygen atoms in total. The second kappa shape index (κ2) is 6.50. The second-order valence-electron chi connectivity index (χ2n) is 6.40. The van der Waals surface area contributed by atoms with Gasteiger partial charge in [0.1, 0.15) is 0 Å². The fourth-order valence-electron chi connectivity index (χ4n) is 2.43. The van der Waals surface area contributed by atoms with Crippen LogP contribution in [0.2, 0.25) is 0 Å². The zero-order valence-electron chi connectivity index (χ0n) is 13.8. The maximum atomic E-state index is 11.9. The van der Waals surface area contributed by atoms with E-state index in [-0.39, 0.29) is 11.9 Å². The topological polar surface area (TPSA) is 72.5 Å². The lowest BCUT2D eigenvalue weighted by Crippen LogP contribution is -3.10. The van der Waals surface area contributed by atoms with Crippen LogP contribution in [0.1, 0.15) is 37.3 Å². The first-order valence-electron chi connectivity index (χ1n) is 8.05. The lowest BCUT2D eigenvalue weighted by atomic mass is 10.1. The zero-order chi connectivity index (χ0) is 16.4. The van der Waals surface area contributed by atoms with Crippen LogP contribution in [-0.4, -0.2) is 35.7 Å². The van der Waals surface area contributed by atoms with Gasteiger partial charge in [-0.05, 0) is 38.8 Å². The number of carbonyl (C=O) groups is 1. The highest BCUT2D eigenvalue weighted by Gasteiger charge is 2.28. The molecule has 23 heavy (non-hydrogen) atoms. The lowest BCUT2D eigenvalue weighted by Gasteiger charge is -2.18. The summed E-state index contributed by atoms with van der Waals surface area (Å²) in [6, 6.07) is 8.32. The number of rotatable bonds is 6. The van der Waals surface area contributed by atoms with Gasteiger partial charge in [0.25, 0.3) is 11.8 Å². The Balaban J connectivity index is 1.65. The molecule has 2 N–H and O–H groups in total. The molecular weight excluding hydrogens is 292 g/mol. The van der Waals surface area contributed by atoms with Crippen molar-refractivity contribution < 1.29 is 14.1 Å². The van der Waals surface area contributed by atoms with Crippen molar-refractivity contribution in [3.8, 4) is 11.5 Å². The third kappa shape index (κ3) is 3.96. The number of carbonyl (C=O) groups excluding carboxylic acids is 1. The molecule has 1 aliphatic carbocycles. The van der Waals surface area contributed by atoms with E-state index in [2.05, 4.69) is 15.5 Å². The van der Waals surface area contributed by atoms with Gasteiger partial charge in [-0.1, -0.05) is 17.7 Å². The second-order valence-corrected chi connectivity index (χ2v) is 6.40. The Kier molecular flexibility index (Phi) is 4.43. The van der Waals surface area contributed by atoms with Crippen molar-refractivity contribution in [1.82, 2.24) is 15.5 Å². The Hall–Kier alpha value is -2.21. The molecule has 1 aliphatic rings. The van der Waals surface area contributed by atoms with Crippen LogP contribution >= 0.6 is 0 Å². The van der Waals surface area contributed by atoms with E-state index in [0.717, 1.165) is 28.9 Å². The number of nitrogens with zero attached hydrogens (tertiary/aromatic N) is 2. The van der Waals surface area contributed by atoms with Crippen LogP contribution in [-0.2, 0) is 4.79 Å². The maximum Gasteiger partial charge on any atom is 0.275 e. The molecule has 0 radical (unpaired) electrons. The van der Waals surface area contributed by atoms with Gasteiger partial charge in [-0.3, -0.25) is 4.79 Å². The molecule has 3 rings (SSSR count). The minimum Gasteiger partial charge on any atom is -0.415 e. The van der Waals surface area contributed by atoms with Gasteiger partial charge in [0, 0.05) is 11.6 Å². The van der Waals surface area contributed by atoms with Gasteiger partial charge in [0.2, 0.25) is 5.89 Å². The summed E-state index contributed by atoms with van der Waals surface area (Å²) >= 11 is 0. The molecule has 0 saturated heterocycles. The third-order valence-electron chi connectivity index (χ3n) is 4.20. The van der Waals surface area contributed by atoms with Crippen molar-refractivity contribution in [3.05, 3.63) is 35.7 Å². The van der Waals surface area contributed by atoms with Gasteiger partial charge in [-0.2, -0.15) is 0 Å². The van der Waals surface area contributed by atoms with E-state index in [4.69, 9.17) is 4.42 Å². The van der Waals surface area contributed by atoms with E-state index in [9.17, 15) is 4.79 Å². The monoisotopic (exact) mass is 315 g/mol. The Bertz CT molecular complexity index is 693. The fraction of sp³-hybridized carbons (Fsp3) is 0.471. The molecule has 1 aromatic carbocycles. The SMILES string of the molecule is Cc1cccc(-c2nnc([C@H](C)[NH+](C)CC(=O)NC3CC3)o2)c1. The molecule has 1 fully saturated rings. The maximum absolute atomic E-state index is 11.9. The zero-order valence-corrected chi connectivity index (χ0v) is 13.8. The Morgan fingerprint density at radius 3 is 2.91 bits per heavy atom. The van der Waals surface area contributed by atoms with E-state index < -0.39 is 0 Å². The molecule has 2 aromatic rings. The molecule has 0 aliphatic heterocycles. The van der Waals surface area contributed by atoms with Gasteiger partial charge in [0.15, 0.2) is 12.6 Å². The van der Waals surface area contributed by atoms with Crippen LogP contribution in [0.4, 0.5) is 0 Å². The van der Waals surface area contributed by atoms with E-state index in [0.29, 0.717) is 24.4 Å². The number of aryl methyl sites for hydroxylation is 1. The van der Waals surface area contributed by atoms with Gasteiger partial charge in [-0.25, -0.2) is 0 Å². The van der Waals surface area contributed by atoms with Crippen LogP contribution in [0.25, 0.3) is 11.5 Å². The van der Waals surface area contributed by atoms with Crippen LogP contribution < -0.4 is 10.2 Å². The predicted octanol–water partition coefficient (Wildman–Crippen LogP) is 0.899. The lowest BCUT2D eigenvalue weighted by molar-refractivity contribution is -0.903. The summed E-state index contributed by atoms with van der Waals surface area (Å²) < 4.78 is 5.81. The van der Waals surface area contributed by atoms with E-state index in [1.54, 1.807) is 0 Å². The first-order chi connectivity index (χ1) is 11.0. The number of hydrogen-bond donors (Lipinski definition) is 2. The molecule has 1 unspecified atom stereocenters. The Labute approximate surface area is 135 Å². The van der Waals surface area contributed by atoms with E-state index in [1.807, 2.05) is 45.2 Å². The number of benzene rings is 1. The number of amides is 1. The standard InChI is InChI=1S/C17H22N4O2/c1-11-5-4-6-13(9-11)17-20-19-16(23-17)12(2)21(3)10-15(22)18-14-7-8-14/h4-6,9,12,14H,7-8,10H2,1-3H3,(H,18,22)/p+1/t12-/m0/s1. The number of hydrogen-bond acceptors (Lipinski definition) is 4. The van der Waals surface area contributed by atoms with Crippen molar-refractivity contribution in [3.63, 3.8) is 0 Å². The highest BCUT2D eigenvalue weighted by atomic mass is 16.4. The molecule has 1 aromatic heterocycles. The summed E-state index contributed by atoms with van der Waals surface area (Å²) in [4.78, 5) is 12.9.